The monoisotopic (exact) mass is 283 g/mol. The predicted molar refractivity (Wildman–Crippen MR) is 84.1 cm³/mol. The number of nitrogens with two attached hydrogens (primary N) is 1. The third-order valence-corrected chi connectivity index (χ3v) is 3.26. The van der Waals surface area contributed by atoms with E-state index in [1.807, 2.05) is 42.5 Å². The minimum absolute atomic E-state index is 0.423. The van der Waals surface area contributed by atoms with Crippen LogP contribution in [-0.4, -0.2) is 19.6 Å². The molecule has 0 amide bonds. The SMILES string of the molecule is COc1ccc(CN=C2COc3cc(N)ccc3N2)cc1. The smallest absolute Gasteiger partial charge is 0.146 e. The fourth-order valence-electron chi connectivity index (χ4n) is 2.10. The Morgan fingerprint density at radius 3 is 2.81 bits per heavy atom. The maximum atomic E-state index is 5.73. The van der Waals surface area contributed by atoms with Crippen molar-refractivity contribution in [1.82, 2.24) is 0 Å². The van der Waals surface area contributed by atoms with Gasteiger partial charge in [0.25, 0.3) is 0 Å². The number of aliphatic imine (C=N–C) groups is 1. The molecular weight excluding hydrogens is 266 g/mol. The first-order valence-electron chi connectivity index (χ1n) is 6.70. The van der Waals surface area contributed by atoms with Crippen molar-refractivity contribution in [1.29, 1.82) is 0 Å². The van der Waals surface area contributed by atoms with Gasteiger partial charge in [0.1, 0.15) is 23.9 Å². The number of hydrogen-bond acceptors (Lipinski definition) is 4. The Kier molecular flexibility index (Phi) is 3.64. The molecule has 5 heteroatoms. The van der Waals surface area contributed by atoms with Crippen molar-refractivity contribution in [3.63, 3.8) is 0 Å². The second-order valence-electron chi connectivity index (χ2n) is 4.78. The molecule has 1 aliphatic rings. The molecule has 0 aliphatic carbocycles. The number of benzene rings is 2. The number of ether oxygens (including phenoxy) is 2. The number of amidine groups is 1. The average Bonchev–Trinajstić information content (AvgIpc) is 2.53. The molecule has 3 N–H and O–H groups in total. The van der Waals surface area contributed by atoms with Gasteiger partial charge < -0.3 is 20.5 Å². The molecule has 0 unspecified atom stereocenters. The zero-order chi connectivity index (χ0) is 14.7. The summed E-state index contributed by atoms with van der Waals surface area (Å²) in [4.78, 5) is 4.54. The van der Waals surface area contributed by atoms with E-state index >= 15 is 0 Å². The largest absolute Gasteiger partial charge is 0.497 e. The standard InChI is InChI=1S/C16H17N3O2/c1-20-13-5-2-11(3-6-13)9-18-16-10-21-15-8-12(17)4-7-14(15)19-16/h2-8H,9-10,17H2,1H3,(H,18,19). The topological polar surface area (TPSA) is 68.9 Å². The van der Waals surface area contributed by atoms with Gasteiger partial charge in [0.2, 0.25) is 0 Å². The first kappa shape index (κ1) is 13.3. The number of nitrogen functional groups attached to an aromatic ring is 1. The van der Waals surface area contributed by atoms with Gasteiger partial charge in [0.15, 0.2) is 0 Å². The highest BCUT2D eigenvalue weighted by Crippen LogP contribution is 2.29. The predicted octanol–water partition coefficient (Wildman–Crippen LogP) is 2.68. The first-order chi connectivity index (χ1) is 10.2. The van der Waals surface area contributed by atoms with Crippen LogP contribution in [0, 0.1) is 0 Å². The van der Waals surface area contributed by atoms with Gasteiger partial charge >= 0.3 is 0 Å². The van der Waals surface area contributed by atoms with Crippen LogP contribution in [0.15, 0.2) is 47.5 Å². The highest BCUT2D eigenvalue weighted by Gasteiger charge is 2.14. The van der Waals surface area contributed by atoms with Crippen molar-refractivity contribution in [2.75, 3.05) is 24.8 Å². The molecule has 0 aromatic heterocycles. The van der Waals surface area contributed by atoms with Gasteiger partial charge in [-0.3, -0.25) is 4.99 Å². The molecule has 0 saturated heterocycles. The number of hydrogen-bond donors (Lipinski definition) is 2. The third kappa shape index (κ3) is 3.08. The van der Waals surface area contributed by atoms with Crippen LogP contribution in [0.4, 0.5) is 11.4 Å². The summed E-state index contributed by atoms with van der Waals surface area (Å²) in [6.07, 6.45) is 0. The van der Waals surface area contributed by atoms with Crippen molar-refractivity contribution >= 4 is 17.2 Å². The van der Waals surface area contributed by atoms with Gasteiger partial charge in [0, 0.05) is 11.8 Å². The van der Waals surface area contributed by atoms with Crippen molar-refractivity contribution in [3.05, 3.63) is 48.0 Å². The molecule has 1 heterocycles. The summed E-state index contributed by atoms with van der Waals surface area (Å²) in [5, 5.41) is 3.26. The number of rotatable bonds is 3. The third-order valence-electron chi connectivity index (χ3n) is 3.26. The highest BCUT2D eigenvalue weighted by atomic mass is 16.5. The van der Waals surface area contributed by atoms with Gasteiger partial charge in [-0.25, -0.2) is 0 Å². The second-order valence-corrected chi connectivity index (χ2v) is 4.78. The molecule has 2 aromatic rings. The van der Waals surface area contributed by atoms with E-state index in [1.54, 1.807) is 7.11 Å². The molecular formula is C16H17N3O2. The van der Waals surface area contributed by atoms with Crippen LogP contribution in [0.2, 0.25) is 0 Å². The number of anilines is 2. The Balaban J connectivity index is 1.69. The Bertz CT molecular complexity index is 666. The van der Waals surface area contributed by atoms with E-state index < -0.39 is 0 Å². The molecule has 0 atom stereocenters. The zero-order valence-electron chi connectivity index (χ0n) is 11.8. The van der Waals surface area contributed by atoms with E-state index in [2.05, 4.69) is 10.3 Å². The first-order valence-corrected chi connectivity index (χ1v) is 6.70. The number of nitrogens with one attached hydrogen (secondary N) is 1. The normalized spacial score (nSPS) is 15.0. The van der Waals surface area contributed by atoms with Crippen molar-refractivity contribution in [3.8, 4) is 11.5 Å². The van der Waals surface area contributed by atoms with E-state index in [0.717, 1.165) is 28.6 Å². The van der Waals surface area contributed by atoms with Gasteiger partial charge in [-0.15, -0.1) is 0 Å². The summed E-state index contributed by atoms with van der Waals surface area (Å²) in [6.45, 7) is 1.02. The average molecular weight is 283 g/mol. The molecule has 3 rings (SSSR count). The molecule has 0 saturated carbocycles. The van der Waals surface area contributed by atoms with Crippen LogP contribution < -0.4 is 20.5 Å². The summed E-state index contributed by atoms with van der Waals surface area (Å²) < 4.78 is 10.8. The van der Waals surface area contributed by atoms with E-state index in [-0.39, 0.29) is 0 Å². The number of nitrogens with zero attached hydrogens (tertiary/aromatic N) is 1. The summed E-state index contributed by atoms with van der Waals surface area (Å²) >= 11 is 0. The van der Waals surface area contributed by atoms with Crippen LogP contribution in [0.1, 0.15) is 5.56 Å². The molecule has 0 radical (unpaired) electrons. The Morgan fingerprint density at radius 2 is 2.05 bits per heavy atom. The Hall–Kier alpha value is -2.69. The molecule has 0 fully saturated rings. The second kappa shape index (κ2) is 5.75. The summed E-state index contributed by atoms with van der Waals surface area (Å²) in [6, 6.07) is 13.4. The summed E-state index contributed by atoms with van der Waals surface area (Å²) in [7, 11) is 1.66. The lowest BCUT2D eigenvalue weighted by Gasteiger charge is -2.21. The molecule has 0 spiro atoms. The van der Waals surface area contributed by atoms with Crippen molar-refractivity contribution < 1.29 is 9.47 Å². The molecule has 5 nitrogen and oxygen atoms in total. The van der Waals surface area contributed by atoms with Crippen molar-refractivity contribution in [2.45, 2.75) is 6.54 Å². The fraction of sp³-hybridized carbons (Fsp3) is 0.188. The van der Waals surface area contributed by atoms with Gasteiger partial charge in [0.05, 0.1) is 19.3 Å². The van der Waals surface area contributed by atoms with Crippen molar-refractivity contribution in [2.24, 2.45) is 4.99 Å². The minimum atomic E-state index is 0.423. The van der Waals surface area contributed by atoms with E-state index in [4.69, 9.17) is 15.2 Å². The van der Waals surface area contributed by atoms with Crippen LogP contribution in [0.25, 0.3) is 0 Å². The van der Waals surface area contributed by atoms with Crippen LogP contribution >= 0.6 is 0 Å². The maximum absolute atomic E-state index is 5.73. The highest BCUT2D eigenvalue weighted by molar-refractivity contribution is 5.99. The number of fused-ring (bicyclic) bond motifs is 1. The lowest BCUT2D eigenvalue weighted by Crippen LogP contribution is -2.26. The lowest BCUT2D eigenvalue weighted by molar-refractivity contribution is 0.372. The van der Waals surface area contributed by atoms with Crippen LogP contribution in [0.5, 0.6) is 11.5 Å². The quantitative estimate of drug-likeness (QED) is 0.850. The van der Waals surface area contributed by atoms with Crippen LogP contribution in [0.3, 0.4) is 0 Å². The van der Waals surface area contributed by atoms with Gasteiger partial charge in [-0.1, -0.05) is 12.1 Å². The Labute approximate surface area is 123 Å². The minimum Gasteiger partial charge on any atom is -0.497 e. The van der Waals surface area contributed by atoms with Gasteiger partial charge in [-0.05, 0) is 29.8 Å². The molecule has 1 aliphatic heterocycles. The lowest BCUT2D eigenvalue weighted by atomic mass is 10.2. The van der Waals surface area contributed by atoms with E-state index in [0.29, 0.717) is 18.8 Å². The summed E-state index contributed by atoms with van der Waals surface area (Å²) in [5.41, 5.74) is 8.43. The Morgan fingerprint density at radius 1 is 1.24 bits per heavy atom. The molecule has 21 heavy (non-hydrogen) atoms. The zero-order valence-corrected chi connectivity index (χ0v) is 11.8. The molecule has 2 aromatic carbocycles. The van der Waals surface area contributed by atoms with Crippen LogP contribution in [-0.2, 0) is 6.54 Å². The van der Waals surface area contributed by atoms with Gasteiger partial charge in [-0.2, -0.15) is 0 Å². The fourth-order valence-corrected chi connectivity index (χ4v) is 2.10. The maximum Gasteiger partial charge on any atom is 0.146 e. The number of methoxy groups -OCH3 is 1. The van der Waals surface area contributed by atoms with E-state index in [1.165, 1.54) is 0 Å². The molecule has 108 valence electrons. The summed E-state index contributed by atoms with van der Waals surface area (Å²) in [5.74, 6) is 2.42. The molecule has 0 bridgehead atoms. The van der Waals surface area contributed by atoms with E-state index in [9.17, 15) is 0 Å².